The Kier molecular flexibility index (Phi) is 3.32. The van der Waals surface area contributed by atoms with Crippen molar-refractivity contribution in [1.82, 2.24) is 4.90 Å². The minimum absolute atomic E-state index is 0.381. The lowest BCUT2D eigenvalue weighted by Gasteiger charge is -2.10. The van der Waals surface area contributed by atoms with Gasteiger partial charge in [0.05, 0.1) is 13.2 Å². The second-order valence-electron chi connectivity index (χ2n) is 1.99. The topological polar surface area (TPSA) is 55.6 Å². The van der Waals surface area contributed by atoms with Crippen LogP contribution in [0.5, 0.6) is 0 Å². The van der Waals surface area contributed by atoms with E-state index in [9.17, 15) is 4.79 Å². The lowest BCUT2D eigenvalue weighted by molar-refractivity contribution is -0.134. The molecule has 0 rings (SSSR count). The van der Waals surface area contributed by atoms with Gasteiger partial charge in [0, 0.05) is 14.1 Å². The third kappa shape index (κ3) is 2.96. The third-order valence-electron chi connectivity index (χ3n) is 0.983. The van der Waals surface area contributed by atoms with Crippen LogP contribution in [0.4, 0.5) is 0 Å². The molecule has 0 aromatic carbocycles. The maximum absolute atomic E-state index is 10.5. The minimum Gasteiger partial charge on any atom is -0.466 e. The predicted molar refractivity (Wildman–Crippen MR) is 38.0 cm³/mol. The van der Waals surface area contributed by atoms with Gasteiger partial charge in [-0.25, -0.2) is 4.79 Å². The van der Waals surface area contributed by atoms with Crippen molar-refractivity contribution in [2.75, 3.05) is 21.2 Å². The molecule has 0 fully saturated rings. The molecule has 2 N–H and O–H groups in total. The Bertz CT molecular complexity index is 152. The SMILES string of the molecule is COC(=O)/C=C(/N)N(C)C. The van der Waals surface area contributed by atoms with Gasteiger partial charge in [-0.15, -0.1) is 0 Å². The fraction of sp³-hybridized carbons (Fsp3) is 0.500. The zero-order chi connectivity index (χ0) is 8.15. The molecule has 0 amide bonds. The average Bonchev–Trinajstić information content (AvgIpc) is 1.87. The molecule has 4 nitrogen and oxygen atoms in total. The molecule has 0 bridgehead atoms. The molecule has 0 unspecified atom stereocenters. The Hall–Kier alpha value is -1.19. The number of ether oxygens (including phenoxy) is 1. The van der Waals surface area contributed by atoms with E-state index in [4.69, 9.17) is 5.73 Å². The molecular formula is C6H12N2O2. The van der Waals surface area contributed by atoms with E-state index in [-0.39, 0.29) is 0 Å². The summed E-state index contributed by atoms with van der Waals surface area (Å²) < 4.78 is 4.35. The van der Waals surface area contributed by atoms with Crippen LogP contribution in [0.25, 0.3) is 0 Å². The molecule has 0 saturated heterocycles. The molecule has 0 aliphatic heterocycles. The van der Waals surface area contributed by atoms with Crippen LogP contribution >= 0.6 is 0 Å². The predicted octanol–water partition coefficient (Wildman–Crippen LogP) is -0.479. The van der Waals surface area contributed by atoms with Gasteiger partial charge < -0.3 is 15.4 Å². The summed E-state index contributed by atoms with van der Waals surface area (Å²) in [5.74, 6) is -0.0574. The van der Waals surface area contributed by atoms with Crippen LogP contribution in [0, 0.1) is 0 Å². The van der Waals surface area contributed by atoms with Crippen LogP contribution < -0.4 is 5.73 Å². The van der Waals surface area contributed by atoms with E-state index < -0.39 is 5.97 Å². The molecule has 10 heavy (non-hydrogen) atoms. The molecule has 58 valence electrons. The van der Waals surface area contributed by atoms with Crippen LogP contribution in [-0.4, -0.2) is 32.1 Å². The standard InChI is InChI=1S/C6H12N2O2/c1-8(2)5(7)4-6(9)10-3/h4H,7H2,1-3H3/b5-4-. The molecule has 4 heteroatoms. The van der Waals surface area contributed by atoms with Gasteiger partial charge in [0.15, 0.2) is 0 Å². The Morgan fingerprint density at radius 3 is 2.40 bits per heavy atom. The average molecular weight is 144 g/mol. The fourth-order valence-electron chi connectivity index (χ4n) is 0.309. The van der Waals surface area contributed by atoms with E-state index in [0.717, 1.165) is 0 Å². The highest BCUT2D eigenvalue weighted by atomic mass is 16.5. The highest BCUT2D eigenvalue weighted by molar-refractivity contribution is 5.82. The van der Waals surface area contributed by atoms with Gasteiger partial charge in [0.25, 0.3) is 0 Å². The third-order valence-corrected chi connectivity index (χ3v) is 0.983. The first-order chi connectivity index (χ1) is 4.57. The summed E-state index contributed by atoms with van der Waals surface area (Å²) in [6.07, 6.45) is 1.22. The Morgan fingerprint density at radius 2 is 2.10 bits per heavy atom. The number of esters is 1. The summed E-state index contributed by atoms with van der Waals surface area (Å²) in [5, 5.41) is 0. The number of methoxy groups -OCH3 is 1. The van der Waals surface area contributed by atoms with E-state index >= 15 is 0 Å². The first-order valence-electron chi connectivity index (χ1n) is 2.80. The van der Waals surface area contributed by atoms with Gasteiger partial charge in [-0.3, -0.25) is 0 Å². The second kappa shape index (κ2) is 3.76. The van der Waals surface area contributed by atoms with Crippen molar-refractivity contribution < 1.29 is 9.53 Å². The Labute approximate surface area is 60.2 Å². The van der Waals surface area contributed by atoms with E-state index in [1.54, 1.807) is 19.0 Å². The summed E-state index contributed by atoms with van der Waals surface area (Å²) in [6, 6.07) is 0. The van der Waals surface area contributed by atoms with Crippen molar-refractivity contribution in [3.05, 3.63) is 11.9 Å². The van der Waals surface area contributed by atoms with Gasteiger partial charge in [-0.05, 0) is 0 Å². The van der Waals surface area contributed by atoms with Crippen molar-refractivity contribution >= 4 is 5.97 Å². The molecule has 0 saturated carbocycles. The molecule has 0 aliphatic carbocycles. The van der Waals surface area contributed by atoms with E-state index in [1.807, 2.05) is 0 Å². The van der Waals surface area contributed by atoms with Crippen molar-refractivity contribution in [2.24, 2.45) is 5.73 Å². The van der Waals surface area contributed by atoms with Crippen molar-refractivity contribution in [3.63, 3.8) is 0 Å². The minimum atomic E-state index is -0.439. The van der Waals surface area contributed by atoms with Gasteiger partial charge >= 0.3 is 5.97 Å². The number of carbonyl (C=O) groups excluding carboxylic acids is 1. The Morgan fingerprint density at radius 1 is 1.60 bits per heavy atom. The van der Waals surface area contributed by atoms with Crippen LogP contribution in [0.3, 0.4) is 0 Å². The number of nitrogens with two attached hydrogens (primary N) is 1. The summed E-state index contributed by atoms with van der Waals surface area (Å²) in [5.41, 5.74) is 5.38. The van der Waals surface area contributed by atoms with Crippen molar-refractivity contribution in [3.8, 4) is 0 Å². The van der Waals surface area contributed by atoms with Gasteiger partial charge in [-0.2, -0.15) is 0 Å². The van der Waals surface area contributed by atoms with Crippen LogP contribution in [0.1, 0.15) is 0 Å². The maximum Gasteiger partial charge on any atom is 0.334 e. The number of hydrogen-bond acceptors (Lipinski definition) is 4. The number of rotatable bonds is 2. The summed E-state index contributed by atoms with van der Waals surface area (Å²) >= 11 is 0. The van der Waals surface area contributed by atoms with E-state index in [1.165, 1.54) is 13.2 Å². The molecule has 0 aromatic rings. The Balaban J connectivity index is 4.03. The smallest absolute Gasteiger partial charge is 0.334 e. The summed E-state index contributed by atoms with van der Waals surface area (Å²) in [7, 11) is 4.80. The molecule has 0 radical (unpaired) electrons. The van der Waals surface area contributed by atoms with Crippen LogP contribution in [0.15, 0.2) is 11.9 Å². The number of nitrogens with zero attached hydrogens (tertiary/aromatic N) is 1. The molecular weight excluding hydrogens is 132 g/mol. The first kappa shape index (κ1) is 8.81. The quantitative estimate of drug-likeness (QED) is 0.420. The largest absolute Gasteiger partial charge is 0.466 e. The lowest BCUT2D eigenvalue weighted by atomic mass is 10.5. The maximum atomic E-state index is 10.5. The molecule has 0 aromatic heterocycles. The molecule has 0 spiro atoms. The van der Waals surface area contributed by atoms with Crippen molar-refractivity contribution in [1.29, 1.82) is 0 Å². The summed E-state index contributed by atoms with van der Waals surface area (Å²) in [4.78, 5) is 12.1. The number of carbonyl (C=O) groups is 1. The zero-order valence-electron chi connectivity index (χ0n) is 6.42. The van der Waals surface area contributed by atoms with Gasteiger partial charge in [0.2, 0.25) is 0 Å². The number of hydrogen-bond donors (Lipinski definition) is 1. The van der Waals surface area contributed by atoms with E-state index in [0.29, 0.717) is 5.82 Å². The lowest BCUT2D eigenvalue weighted by Crippen LogP contribution is -2.19. The molecule has 0 atom stereocenters. The monoisotopic (exact) mass is 144 g/mol. The van der Waals surface area contributed by atoms with Gasteiger partial charge in [-0.1, -0.05) is 0 Å². The van der Waals surface area contributed by atoms with Gasteiger partial charge in [0.1, 0.15) is 5.82 Å². The van der Waals surface area contributed by atoms with Crippen LogP contribution in [-0.2, 0) is 9.53 Å². The van der Waals surface area contributed by atoms with Crippen LogP contribution in [0.2, 0.25) is 0 Å². The highest BCUT2D eigenvalue weighted by Gasteiger charge is 1.97. The fourth-order valence-corrected chi connectivity index (χ4v) is 0.309. The second-order valence-corrected chi connectivity index (χ2v) is 1.99. The molecule has 0 heterocycles. The normalized spacial score (nSPS) is 10.9. The summed E-state index contributed by atoms with van der Waals surface area (Å²) in [6.45, 7) is 0. The van der Waals surface area contributed by atoms with Crippen molar-refractivity contribution in [2.45, 2.75) is 0 Å². The highest BCUT2D eigenvalue weighted by Crippen LogP contribution is 1.88. The molecule has 0 aliphatic rings. The van der Waals surface area contributed by atoms with E-state index in [2.05, 4.69) is 4.74 Å². The first-order valence-corrected chi connectivity index (χ1v) is 2.80. The zero-order valence-corrected chi connectivity index (χ0v) is 6.42.